The maximum Gasteiger partial charge on any atom is 0.115 e. The van der Waals surface area contributed by atoms with Gasteiger partial charge < -0.3 is 0 Å². The minimum atomic E-state index is 1.08. The number of nitrogens with zero attached hydrogens (tertiary/aromatic N) is 2. The van der Waals surface area contributed by atoms with E-state index in [-0.39, 0.29) is 0 Å². The van der Waals surface area contributed by atoms with E-state index >= 15 is 0 Å². The minimum Gasteiger partial charge on any atom is -0.244 e. The summed E-state index contributed by atoms with van der Waals surface area (Å²) in [7, 11) is 0. The fourth-order valence-corrected chi connectivity index (χ4v) is 1.89. The van der Waals surface area contributed by atoms with E-state index in [0.29, 0.717) is 0 Å². The van der Waals surface area contributed by atoms with E-state index in [1.807, 2.05) is 12.4 Å². The van der Waals surface area contributed by atoms with Crippen LogP contribution < -0.4 is 0 Å². The van der Waals surface area contributed by atoms with Gasteiger partial charge in [0.15, 0.2) is 0 Å². The zero-order valence-electron chi connectivity index (χ0n) is 10.3. The molecule has 0 spiro atoms. The van der Waals surface area contributed by atoms with Gasteiger partial charge >= 0.3 is 0 Å². The molecule has 0 bridgehead atoms. The Labute approximate surface area is 103 Å². The van der Waals surface area contributed by atoms with Crippen LogP contribution in [0.2, 0.25) is 0 Å². The highest BCUT2D eigenvalue weighted by Gasteiger charge is 1.98. The number of rotatable bonds is 5. The summed E-state index contributed by atoms with van der Waals surface area (Å²) < 4.78 is 0. The summed E-state index contributed by atoms with van der Waals surface area (Å²) in [6, 6.07) is 8.72. The lowest BCUT2D eigenvalue weighted by molar-refractivity contribution is 0.717. The quantitative estimate of drug-likeness (QED) is 0.723. The predicted molar refractivity (Wildman–Crippen MR) is 70.7 cm³/mol. The Morgan fingerprint density at radius 2 is 1.59 bits per heavy atom. The Hall–Kier alpha value is -1.70. The van der Waals surface area contributed by atoms with E-state index in [2.05, 4.69) is 41.2 Å². The minimum absolute atomic E-state index is 1.08. The largest absolute Gasteiger partial charge is 0.244 e. The van der Waals surface area contributed by atoms with E-state index in [0.717, 1.165) is 5.56 Å². The normalized spacial score (nSPS) is 10.4. The molecule has 0 saturated heterocycles. The number of aryl methyl sites for hydroxylation is 1. The third-order valence-electron chi connectivity index (χ3n) is 2.92. The van der Waals surface area contributed by atoms with E-state index in [9.17, 15) is 0 Å². The van der Waals surface area contributed by atoms with Crippen LogP contribution in [0.5, 0.6) is 0 Å². The fourth-order valence-electron chi connectivity index (χ4n) is 1.89. The molecule has 17 heavy (non-hydrogen) atoms. The first-order chi connectivity index (χ1) is 8.40. The van der Waals surface area contributed by atoms with Crippen LogP contribution >= 0.6 is 0 Å². The Morgan fingerprint density at radius 3 is 2.24 bits per heavy atom. The number of unbranched alkanes of at least 4 members (excludes halogenated alkanes) is 2. The van der Waals surface area contributed by atoms with Crippen LogP contribution in [0.1, 0.15) is 31.7 Å². The molecule has 2 aromatic rings. The second-order valence-corrected chi connectivity index (χ2v) is 4.28. The third-order valence-corrected chi connectivity index (χ3v) is 2.92. The Bertz CT molecular complexity index is 434. The predicted octanol–water partition coefficient (Wildman–Crippen LogP) is 3.88. The summed E-state index contributed by atoms with van der Waals surface area (Å²) in [5.41, 5.74) is 3.68. The summed E-state index contributed by atoms with van der Waals surface area (Å²) in [6.45, 7) is 2.23. The van der Waals surface area contributed by atoms with Gasteiger partial charge in [0, 0.05) is 18.0 Å². The molecular weight excluding hydrogens is 208 g/mol. The molecule has 1 aromatic heterocycles. The molecule has 88 valence electrons. The van der Waals surface area contributed by atoms with Crippen LogP contribution in [-0.4, -0.2) is 9.97 Å². The van der Waals surface area contributed by atoms with Crippen molar-refractivity contribution in [2.24, 2.45) is 0 Å². The molecular formula is C15H18N2. The highest BCUT2D eigenvalue weighted by atomic mass is 14.8. The van der Waals surface area contributed by atoms with Crippen molar-refractivity contribution in [3.8, 4) is 11.1 Å². The first kappa shape index (κ1) is 11.8. The van der Waals surface area contributed by atoms with Gasteiger partial charge in [-0.05, 0) is 24.0 Å². The average Bonchev–Trinajstić information content (AvgIpc) is 2.41. The lowest BCUT2D eigenvalue weighted by atomic mass is 10.0. The Balaban J connectivity index is 2.03. The van der Waals surface area contributed by atoms with Crippen molar-refractivity contribution < 1.29 is 0 Å². The SMILES string of the molecule is CCCCCc1ccc(-c2cncnc2)cc1. The van der Waals surface area contributed by atoms with Gasteiger partial charge in [0.25, 0.3) is 0 Å². The number of aromatic nitrogens is 2. The van der Waals surface area contributed by atoms with Gasteiger partial charge in [-0.1, -0.05) is 44.0 Å². The van der Waals surface area contributed by atoms with Crippen LogP contribution in [-0.2, 0) is 6.42 Å². The van der Waals surface area contributed by atoms with E-state index in [1.165, 1.54) is 36.8 Å². The van der Waals surface area contributed by atoms with Crippen molar-refractivity contribution in [2.75, 3.05) is 0 Å². The smallest absolute Gasteiger partial charge is 0.115 e. The first-order valence-corrected chi connectivity index (χ1v) is 6.24. The van der Waals surface area contributed by atoms with Gasteiger partial charge in [-0.15, -0.1) is 0 Å². The van der Waals surface area contributed by atoms with Crippen molar-refractivity contribution in [3.05, 3.63) is 48.5 Å². The maximum absolute atomic E-state index is 4.03. The van der Waals surface area contributed by atoms with Crippen LogP contribution in [0.25, 0.3) is 11.1 Å². The molecule has 1 heterocycles. The molecule has 0 aliphatic rings. The number of benzene rings is 1. The summed E-state index contributed by atoms with van der Waals surface area (Å²) in [4.78, 5) is 8.07. The van der Waals surface area contributed by atoms with Crippen molar-refractivity contribution in [1.29, 1.82) is 0 Å². The maximum atomic E-state index is 4.03. The first-order valence-electron chi connectivity index (χ1n) is 6.24. The van der Waals surface area contributed by atoms with Gasteiger partial charge in [0.2, 0.25) is 0 Å². The molecule has 0 saturated carbocycles. The van der Waals surface area contributed by atoms with Gasteiger partial charge in [0.1, 0.15) is 6.33 Å². The number of hydrogen-bond donors (Lipinski definition) is 0. The van der Waals surface area contributed by atoms with Crippen molar-refractivity contribution in [3.63, 3.8) is 0 Å². The molecule has 2 heteroatoms. The van der Waals surface area contributed by atoms with Crippen LogP contribution in [0.4, 0.5) is 0 Å². The highest BCUT2D eigenvalue weighted by molar-refractivity contribution is 5.61. The molecule has 0 fully saturated rings. The van der Waals surface area contributed by atoms with Gasteiger partial charge in [-0.25, -0.2) is 9.97 Å². The summed E-state index contributed by atoms with van der Waals surface area (Å²) in [6.07, 6.45) is 10.3. The lowest BCUT2D eigenvalue weighted by Gasteiger charge is -2.03. The van der Waals surface area contributed by atoms with E-state index in [1.54, 1.807) is 6.33 Å². The molecule has 0 atom stereocenters. The molecule has 0 N–H and O–H groups in total. The molecule has 0 unspecified atom stereocenters. The van der Waals surface area contributed by atoms with E-state index < -0.39 is 0 Å². The third kappa shape index (κ3) is 3.38. The number of hydrogen-bond acceptors (Lipinski definition) is 2. The molecule has 0 aliphatic heterocycles. The summed E-state index contributed by atoms with van der Waals surface area (Å²) in [5, 5.41) is 0. The van der Waals surface area contributed by atoms with Crippen molar-refractivity contribution in [1.82, 2.24) is 9.97 Å². The highest BCUT2D eigenvalue weighted by Crippen LogP contribution is 2.18. The average molecular weight is 226 g/mol. The fraction of sp³-hybridized carbons (Fsp3) is 0.333. The Kier molecular flexibility index (Phi) is 4.25. The van der Waals surface area contributed by atoms with Crippen molar-refractivity contribution in [2.45, 2.75) is 32.6 Å². The van der Waals surface area contributed by atoms with E-state index in [4.69, 9.17) is 0 Å². The second-order valence-electron chi connectivity index (χ2n) is 4.28. The molecule has 0 amide bonds. The zero-order chi connectivity index (χ0) is 11.9. The van der Waals surface area contributed by atoms with Crippen LogP contribution in [0.15, 0.2) is 43.0 Å². The monoisotopic (exact) mass is 226 g/mol. The molecule has 1 aromatic carbocycles. The van der Waals surface area contributed by atoms with Crippen molar-refractivity contribution >= 4 is 0 Å². The lowest BCUT2D eigenvalue weighted by Crippen LogP contribution is -1.86. The van der Waals surface area contributed by atoms with Gasteiger partial charge in [-0.2, -0.15) is 0 Å². The van der Waals surface area contributed by atoms with Gasteiger partial charge in [0.05, 0.1) is 0 Å². The molecule has 2 nitrogen and oxygen atoms in total. The summed E-state index contributed by atoms with van der Waals surface area (Å²) in [5.74, 6) is 0. The van der Waals surface area contributed by atoms with Gasteiger partial charge in [-0.3, -0.25) is 0 Å². The topological polar surface area (TPSA) is 25.8 Å². The van der Waals surface area contributed by atoms with Crippen LogP contribution in [0.3, 0.4) is 0 Å². The Morgan fingerprint density at radius 1 is 0.882 bits per heavy atom. The second kappa shape index (κ2) is 6.14. The zero-order valence-corrected chi connectivity index (χ0v) is 10.3. The standard InChI is InChI=1S/C15H18N2/c1-2-3-4-5-13-6-8-14(9-7-13)15-10-16-12-17-11-15/h6-12H,2-5H2,1H3. The van der Waals surface area contributed by atoms with Crippen LogP contribution in [0, 0.1) is 0 Å². The molecule has 0 radical (unpaired) electrons. The summed E-state index contributed by atoms with van der Waals surface area (Å²) >= 11 is 0. The molecule has 2 rings (SSSR count). The molecule has 0 aliphatic carbocycles.